The van der Waals surface area contributed by atoms with Gasteiger partial charge in [0.15, 0.2) is 9.84 Å². The molecule has 0 aliphatic rings. The molecule has 0 aliphatic heterocycles. The van der Waals surface area contributed by atoms with Gasteiger partial charge in [0, 0.05) is 24.4 Å². The van der Waals surface area contributed by atoms with Crippen molar-refractivity contribution in [2.45, 2.75) is 12.7 Å². The Kier molecular flexibility index (Phi) is 5.55. The van der Waals surface area contributed by atoms with Gasteiger partial charge in [-0.3, -0.25) is 4.98 Å². The van der Waals surface area contributed by atoms with Gasteiger partial charge in [0.2, 0.25) is 0 Å². The minimum absolute atomic E-state index is 0.000415. The number of sulfone groups is 1. The van der Waals surface area contributed by atoms with Crippen LogP contribution in [0, 0.1) is 5.92 Å². The molecule has 0 N–H and O–H groups in total. The van der Waals surface area contributed by atoms with Gasteiger partial charge in [0.1, 0.15) is 0 Å². The number of hydrogen-bond acceptors (Lipinski definition) is 4. The van der Waals surface area contributed by atoms with Gasteiger partial charge in [-0.1, -0.05) is 6.92 Å². The van der Waals surface area contributed by atoms with E-state index >= 15 is 0 Å². The number of pyridine rings is 1. The summed E-state index contributed by atoms with van der Waals surface area (Å²) < 4.78 is 29.5. The van der Waals surface area contributed by atoms with Crippen LogP contribution in [0.15, 0.2) is 22.8 Å². The molecule has 0 radical (unpaired) electrons. The Labute approximate surface area is 110 Å². The monoisotopic (exact) mass is 321 g/mol. The fourth-order valence-electron chi connectivity index (χ4n) is 1.54. The zero-order valence-electron chi connectivity index (χ0n) is 9.89. The predicted octanol–water partition coefficient (Wildman–Crippen LogP) is 2.04. The molecule has 1 rings (SSSR count). The Balaban J connectivity index is 2.63. The fraction of sp³-hybridized carbons (Fsp3) is 0.545. The lowest BCUT2D eigenvalue weighted by Crippen LogP contribution is -2.19. The zero-order chi connectivity index (χ0) is 12.9. The van der Waals surface area contributed by atoms with E-state index in [1.54, 1.807) is 25.4 Å². The van der Waals surface area contributed by atoms with Crippen LogP contribution >= 0.6 is 15.9 Å². The summed E-state index contributed by atoms with van der Waals surface area (Å²) >= 11 is 3.26. The minimum Gasteiger partial charge on any atom is -0.384 e. The van der Waals surface area contributed by atoms with E-state index in [1.807, 2.05) is 6.92 Å². The normalized spacial score (nSPS) is 13.6. The summed E-state index contributed by atoms with van der Waals surface area (Å²) in [5.41, 5.74) is 0.567. The van der Waals surface area contributed by atoms with Gasteiger partial charge >= 0.3 is 0 Å². The van der Waals surface area contributed by atoms with Crippen LogP contribution in [0.1, 0.15) is 12.6 Å². The maximum absolute atomic E-state index is 11.9. The number of ether oxygens (including phenoxy) is 1. The minimum atomic E-state index is -3.13. The molecule has 0 saturated heterocycles. The van der Waals surface area contributed by atoms with E-state index in [4.69, 9.17) is 4.74 Å². The van der Waals surface area contributed by atoms with E-state index in [2.05, 4.69) is 20.9 Å². The molecule has 17 heavy (non-hydrogen) atoms. The van der Waals surface area contributed by atoms with Crippen molar-refractivity contribution in [3.05, 3.63) is 28.5 Å². The van der Waals surface area contributed by atoms with Crippen molar-refractivity contribution in [1.82, 2.24) is 4.98 Å². The fourth-order valence-corrected chi connectivity index (χ4v) is 3.48. The lowest BCUT2D eigenvalue weighted by molar-refractivity contribution is 0.167. The molecule has 0 amide bonds. The Bertz CT molecular complexity index is 444. The molecule has 96 valence electrons. The Morgan fingerprint density at radius 3 is 2.71 bits per heavy atom. The second-order valence-electron chi connectivity index (χ2n) is 4.08. The SMILES string of the molecule is COCC(C)CS(=O)(=O)Cc1ccc(Br)cn1. The molecular weight excluding hydrogens is 306 g/mol. The number of methoxy groups -OCH3 is 1. The molecule has 6 heteroatoms. The summed E-state index contributed by atoms with van der Waals surface area (Å²) in [6.45, 7) is 2.31. The van der Waals surface area contributed by atoms with Crippen molar-refractivity contribution in [2.75, 3.05) is 19.5 Å². The second-order valence-corrected chi connectivity index (χ2v) is 7.11. The molecule has 0 aromatic carbocycles. The molecule has 4 nitrogen and oxygen atoms in total. The first-order chi connectivity index (χ1) is 7.93. The molecule has 1 heterocycles. The van der Waals surface area contributed by atoms with Gasteiger partial charge in [-0.25, -0.2) is 8.42 Å². The largest absolute Gasteiger partial charge is 0.384 e. The number of hydrogen-bond donors (Lipinski definition) is 0. The third-order valence-electron chi connectivity index (χ3n) is 2.15. The van der Waals surface area contributed by atoms with Gasteiger partial charge in [-0.15, -0.1) is 0 Å². The van der Waals surface area contributed by atoms with E-state index in [0.717, 1.165) is 4.47 Å². The molecule has 1 unspecified atom stereocenters. The summed E-state index contributed by atoms with van der Waals surface area (Å²) in [7, 11) is -1.56. The molecule has 1 atom stereocenters. The van der Waals surface area contributed by atoms with Gasteiger partial charge in [-0.2, -0.15) is 0 Å². The molecular formula is C11H16BrNO3S. The average molecular weight is 322 g/mol. The van der Waals surface area contributed by atoms with E-state index in [-0.39, 0.29) is 17.4 Å². The van der Waals surface area contributed by atoms with E-state index in [1.165, 1.54) is 0 Å². The summed E-state index contributed by atoms with van der Waals surface area (Å²) in [4.78, 5) is 4.06. The third kappa shape index (κ3) is 5.61. The second kappa shape index (κ2) is 6.47. The van der Waals surface area contributed by atoms with Gasteiger partial charge in [0.05, 0.1) is 17.2 Å². The van der Waals surface area contributed by atoms with Crippen molar-refractivity contribution < 1.29 is 13.2 Å². The van der Waals surface area contributed by atoms with Crippen LogP contribution < -0.4 is 0 Å². The van der Waals surface area contributed by atoms with Crippen LogP contribution in [0.4, 0.5) is 0 Å². The molecule has 1 aromatic heterocycles. The van der Waals surface area contributed by atoms with Crippen molar-refractivity contribution in [3.8, 4) is 0 Å². The van der Waals surface area contributed by atoms with Gasteiger partial charge in [-0.05, 0) is 34.0 Å². The summed E-state index contributed by atoms with van der Waals surface area (Å²) in [5, 5.41) is 0. The Morgan fingerprint density at radius 1 is 1.47 bits per heavy atom. The Hall–Kier alpha value is -0.460. The smallest absolute Gasteiger partial charge is 0.156 e. The molecule has 0 spiro atoms. The lowest BCUT2D eigenvalue weighted by Gasteiger charge is -2.10. The molecule has 1 aromatic rings. The maximum Gasteiger partial charge on any atom is 0.156 e. The zero-order valence-corrected chi connectivity index (χ0v) is 12.3. The standard InChI is InChI=1S/C11H16BrNO3S/c1-9(6-16-2)7-17(14,15)8-11-4-3-10(12)5-13-11/h3-5,9H,6-8H2,1-2H3. The van der Waals surface area contributed by atoms with Crippen molar-refractivity contribution in [3.63, 3.8) is 0 Å². The van der Waals surface area contributed by atoms with Crippen LogP contribution in [-0.2, 0) is 20.3 Å². The van der Waals surface area contributed by atoms with Crippen LogP contribution in [-0.4, -0.2) is 32.9 Å². The van der Waals surface area contributed by atoms with Crippen LogP contribution in [0.2, 0.25) is 0 Å². The van der Waals surface area contributed by atoms with Crippen LogP contribution in [0.5, 0.6) is 0 Å². The first-order valence-electron chi connectivity index (χ1n) is 5.23. The van der Waals surface area contributed by atoms with E-state index in [9.17, 15) is 8.42 Å². The number of aromatic nitrogens is 1. The lowest BCUT2D eigenvalue weighted by atomic mass is 10.2. The number of rotatable bonds is 6. The van der Waals surface area contributed by atoms with Gasteiger partial charge < -0.3 is 4.74 Å². The predicted molar refractivity (Wildman–Crippen MR) is 70.5 cm³/mol. The molecule has 0 bridgehead atoms. The molecule has 0 fully saturated rings. The van der Waals surface area contributed by atoms with Crippen molar-refractivity contribution >= 4 is 25.8 Å². The van der Waals surface area contributed by atoms with E-state index in [0.29, 0.717) is 12.3 Å². The average Bonchev–Trinajstić information content (AvgIpc) is 2.20. The molecule has 0 aliphatic carbocycles. The highest BCUT2D eigenvalue weighted by molar-refractivity contribution is 9.10. The first-order valence-corrected chi connectivity index (χ1v) is 7.84. The highest BCUT2D eigenvalue weighted by atomic mass is 79.9. The summed E-state index contributed by atoms with van der Waals surface area (Å²) in [6, 6.07) is 3.50. The highest BCUT2D eigenvalue weighted by Crippen LogP contribution is 2.12. The maximum atomic E-state index is 11.9. The quantitative estimate of drug-likeness (QED) is 0.804. The summed E-state index contributed by atoms with van der Waals surface area (Å²) in [6.07, 6.45) is 1.60. The number of halogens is 1. The highest BCUT2D eigenvalue weighted by Gasteiger charge is 2.17. The first kappa shape index (κ1) is 14.6. The van der Waals surface area contributed by atoms with Crippen LogP contribution in [0.3, 0.4) is 0 Å². The van der Waals surface area contributed by atoms with E-state index < -0.39 is 9.84 Å². The Morgan fingerprint density at radius 2 is 2.18 bits per heavy atom. The summed E-state index contributed by atoms with van der Waals surface area (Å²) in [5.74, 6) is 0.105. The topological polar surface area (TPSA) is 56.3 Å². The van der Waals surface area contributed by atoms with Crippen molar-refractivity contribution in [2.24, 2.45) is 5.92 Å². The van der Waals surface area contributed by atoms with Crippen LogP contribution in [0.25, 0.3) is 0 Å². The third-order valence-corrected chi connectivity index (χ3v) is 4.43. The van der Waals surface area contributed by atoms with Crippen molar-refractivity contribution in [1.29, 1.82) is 0 Å². The molecule has 0 saturated carbocycles. The van der Waals surface area contributed by atoms with Gasteiger partial charge in [0.25, 0.3) is 0 Å². The number of nitrogens with zero attached hydrogens (tertiary/aromatic N) is 1.